The number of para-hydroxylation sites is 1. The Morgan fingerprint density at radius 3 is 1.43 bits per heavy atom. The third-order valence-electron chi connectivity index (χ3n) is 11.5. The van der Waals surface area contributed by atoms with Crippen LogP contribution in [0.5, 0.6) is 0 Å². The summed E-state index contributed by atoms with van der Waals surface area (Å²) in [6.07, 6.45) is 0. The molecule has 0 bridgehead atoms. The van der Waals surface area contributed by atoms with Gasteiger partial charge in [0, 0.05) is 39.5 Å². The molecule has 0 aliphatic heterocycles. The van der Waals surface area contributed by atoms with Gasteiger partial charge < -0.3 is 9.32 Å². The molecule has 2 heteroatoms. The van der Waals surface area contributed by atoms with Crippen molar-refractivity contribution in [3.63, 3.8) is 0 Å². The van der Waals surface area contributed by atoms with E-state index in [1.54, 1.807) is 0 Å². The van der Waals surface area contributed by atoms with Crippen LogP contribution in [0.3, 0.4) is 0 Å². The summed E-state index contributed by atoms with van der Waals surface area (Å²) in [6, 6.07) is 80.5. The zero-order valence-corrected chi connectivity index (χ0v) is 31.7. The summed E-state index contributed by atoms with van der Waals surface area (Å²) in [5, 5.41) is 7.19. The first kappa shape index (κ1) is 33.6. The second kappa shape index (κ2) is 14.1. The van der Waals surface area contributed by atoms with Crippen molar-refractivity contribution in [1.29, 1.82) is 0 Å². The van der Waals surface area contributed by atoms with E-state index in [2.05, 4.69) is 223 Å². The van der Waals surface area contributed by atoms with Crippen molar-refractivity contribution in [3.8, 4) is 44.5 Å². The van der Waals surface area contributed by atoms with Crippen LogP contribution in [-0.4, -0.2) is 0 Å². The molecule has 2 nitrogen and oxygen atoms in total. The van der Waals surface area contributed by atoms with E-state index in [0.29, 0.717) is 0 Å². The Morgan fingerprint density at radius 2 is 0.776 bits per heavy atom. The fraction of sp³-hybridized carbons (Fsp3) is 0. The Hall–Kier alpha value is -7.68. The molecule has 0 N–H and O–H groups in total. The van der Waals surface area contributed by atoms with Crippen molar-refractivity contribution < 1.29 is 4.42 Å². The van der Waals surface area contributed by atoms with Crippen LogP contribution in [0.2, 0.25) is 0 Å². The molecule has 0 fully saturated rings. The minimum absolute atomic E-state index is 0.857. The van der Waals surface area contributed by atoms with Crippen LogP contribution in [0.15, 0.2) is 229 Å². The molecular weight excluding hydrogens is 703 g/mol. The van der Waals surface area contributed by atoms with Gasteiger partial charge in [-0.05, 0) is 103 Å². The SMILES string of the molecule is c1ccc(-c2cccc3c(-c4ccc(N(c5ccc(-c6ccc7ccccc7c6)cc5)c5ccc6c(c5)oc5c(-c7ccccc7)cccc56)cc4)cccc23)cc1. The fourth-order valence-corrected chi connectivity index (χ4v) is 8.61. The lowest BCUT2D eigenvalue weighted by molar-refractivity contribution is 0.670. The lowest BCUT2D eigenvalue weighted by atomic mass is 9.93. The Kier molecular flexibility index (Phi) is 8.19. The highest BCUT2D eigenvalue weighted by atomic mass is 16.3. The molecule has 58 heavy (non-hydrogen) atoms. The van der Waals surface area contributed by atoms with Crippen molar-refractivity contribution in [2.75, 3.05) is 4.90 Å². The van der Waals surface area contributed by atoms with Crippen LogP contribution in [0.25, 0.3) is 88.0 Å². The highest BCUT2D eigenvalue weighted by Crippen LogP contribution is 2.42. The van der Waals surface area contributed by atoms with Gasteiger partial charge in [-0.15, -0.1) is 0 Å². The average molecular weight is 740 g/mol. The van der Waals surface area contributed by atoms with E-state index in [-0.39, 0.29) is 0 Å². The van der Waals surface area contributed by atoms with Gasteiger partial charge in [-0.25, -0.2) is 0 Å². The van der Waals surface area contributed by atoms with E-state index >= 15 is 0 Å². The molecule has 272 valence electrons. The lowest BCUT2D eigenvalue weighted by Crippen LogP contribution is -2.09. The van der Waals surface area contributed by atoms with Gasteiger partial charge in [0.15, 0.2) is 0 Å². The van der Waals surface area contributed by atoms with Crippen molar-refractivity contribution in [1.82, 2.24) is 0 Å². The Bertz CT molecular complexity index is 3250. The predicted molar refractivity (Wildman–Crippen MR) is 245 cm³/mol. The average Bonchev–Trinajstić information content (AvgIpc) is 3.68. The molecule has 1 heterocycles. The fourth-order valence-electron chi connectivity index (χ4n) is 8.61. The lowest BCUT2D eigenvalue weighted by Gasteiger charge is -2.26. The van der Waals surface area contributed by atoms with E-state index in [1.165, 1.54) is 54.9 Å². The van der Waals surface area contributed by atoms with E-state index in [1.807, 2.05) is 6.07 Å². The molecule has 11 aromatic rings. The van der Waals surface area contributed by atoms with Gasteiger partial charge in [0.1, 0.15) is 11.2 Å². The third-order valence-corrected chi connectivity index (χ3v) is 11.5. The standard InChI is InChI=1S/C56H37NO/c1-3-13-40(14-4-1)48-18-9-22-52-49(19-10-21-51(48)52)42-28-32-46(33-29-42)57(45-30-26-39(27-31-45)44-25-24-38-12-7-8-17-43(38)36-44)47-34-35-53-54-23-11-20-50(41-15-5-2-6-16-41)56(54)58-55(53)37-47/h1-37H. The topological polar surface area (TPSA) is 16.4 Å². The smallest absolute Gasteiger partial charge is 0.143 e. The number of hydrogen-bond donors (Lipinski definition) is 0. The van der Waals surface area contributed by atoms with E-state index in [0.717, 1.165) is 50.1 Å². The summed E-state index contributed by atoms with van der Waals surface area (Å²) in [7, 11) is 0. The molecule has 0 unspecified atom stereocenters. The van der Waals surface area contributed by atoms with Crippen molar-refractivity contribution in [2.45, 2.75) is 0 Å². The van der Waals surface area contributed by atoms with Gasteiger partial charge in [0.05, 0.1) is 0 Å². The maximum Gasteiger partial charge on any atom is 0.143 e. The normalized spacial score (nSPS) is 11.4. The minimum atomic E-state index is 0.857. The number of fused-ring (bicyclic) bond motifs is 5. The van der Waals surface area contributed by atoms with Gasteiger partial charge in [-0.2, -0.15) is 0 Å². The molecule has 0 amide bonds. The van der Waals surface area contributed by atoms with Crippen molar-refractivity contribution in [3.05, 3.63) is 224 Å². The molecule has 0 aliphatic carbocycles. The molecule has 11 rings (SSSR count). The molecule has 0 radical (unpaired) electrons. The Balaban J connectivity index is 1.02. The highest BCUT2D eigenvalue weighted by molar-refractivity contribution is 6.10. The summed E-state index contributed by atoms with van der Waals surface area (Å²) in [5.74, 6) is 0. The van der Waals surface area contributed by atoms with Crippen LogP contribution >= 0.6 is 0 Å². The van der Waals surface area contributed by atoms with Gasteiger partial charge in [-0.3, -0.25) is 0 Å². The first-order valence-electron chi connectivity index (χ1n) is 19.8. The van der Waals surface area contributed by atoms with Gasteiger partial charge in [0.2, 0.25) is 0 Å². The number of nitrogens with zero attached hydrogens (tertiary/aromatic N) is 1. The third kappa shape index (κ3) is 5.91. The summed E-state index contributed by atoms with van der Waals surface area (Å²) >= 11 is 0. The van der Waals surface area contributed by atoms with Crippen LogP contribution in [0.4, 0.5) is 17.1 Å². The summed E-state index contributed by atoms with van der Waals surface area (Å²) in [4.78, 5) is 2.33. The molecule has 10 aromatic carbocycles. The number of anilines is 3. The molecule has 0 atom stereocenters. The zero-order chi connectivity index (χ0) is 38.4. The molecule has 0 saturated heterocycles. The summed E-state index contributed by atoms with van der Waals surface area (Å²) in [6.45, 7) is 0. The first-order chi connectivity index (χ1) is 28.7. The number of benzene rings is 10. The van der Waals surface area contributed by atoms with E-state index < -0.39 is 0 Å². The first-order valence-corrected chi connectivity index (χ1v) is 19.8. The number of furan rings is 1. The summed E-state index contributed by atoms with van der Waals surface area (Å²) < 4.78 is 6.75. The zero-order valence-electron chi connectivity index (χ0n) is 31.7. The summed E-state index contributed by atoms with van der Waals surface area (Å²) in [5.41, 5.74) is 14.4. The van der Waals surface area contributed by atoms with Crippen molar-refractivity contribution >= 4 is 60.5 Å². The maximum atomic E-state index is 6.75. The molecule has 0 saturated carbocycles. The highest BCUT2D eigenvalue weighted by Gasteiger charge is 2.18. The van der Waals surface area contributed by atoms with Gasteiger partial charge in [-0.1, -0.05) is 176 Å². The second-order valence-electron chi connectivity index (χ2n) is 14.9. The number of rotatable bonds is 7. The van der Waals surface area contributed by atoms with Crippen molar-refractivity contribution in [2.24, 2.45) is 0 Å². The Morgan fingerprint density at radius 1 is 0.276 bits per heavy atom. The molecular formula is C56H37NO. The Labute approximate surface area is 337 Å². The van der Waals surface area contributed by atoms with Crippen LogP contribution < -0.4 is 4.90 Å². The quantitative estimate of drug-likeness (QED) is 0.162. The van der Waals surface area contributed by atoms with E-state index in [9.17, 15) is 0 Å². The van der Waals surface area contributed by atoms with Crippen LogP contribution in [-0.2, 0) is 0 Å². The molecule has 0 spiro atoms. The van der Waals surface area contributed by atoms with E-state index in [4.69, 9.17) is 4.42 Å². The van der Waals surface area contributed by atoms with Crippen LogP contribution in [0.1, 0.15) is 0 Å². The monoisotopic (exact) mass is 739 g/mol. The van der Waals surface area contributed by atoms with Gasteiger partial charge >= 0.3 is 0 Å². The molecule has 1 aromatic heterocycles. The largest absolute Gasteiger partial charge is 0.455 e. The molecule has 0 aliphatic rings. The van der Waals surface area contributed by atoms with Gasteiger partial charge in [0.25, 0.3) is 0 Å². The second-order valence-corrected chi connectivity index (χ2v) is 14.9. The minimum Gasteiger partial charge on any atom is -0.455 e. The number of hydrogen-bond acceptors (Lipinski definition) is 2. The predicted octanol–water partition coefficient (Wildman–Crippen LogP) is 16.0. The van der Waals surface area contributed by atoms with Crippen LogP contribution in [0, 0.1) is 0 Å². The maximum absolute atomic E-state index is 6.75.